The first-order valence-electron chi connectivity index (χ1n) is 10.5. The lowest BCUT2D eigenvalue weighted by atomic mass is 10.0. The van der Waals surface area contributed by atoms with Crippen molar-refractivity contribution in [3.63, 3.8) is 0 Å². The average Bonchev–Trinajstić information content (AvgIpc) is 3.17. The normalized spacial score (nSPS) is 19.1. The lowest BCUT2D eigenvalue weighted by Gasteiger charge is -2.32. The second-order valence-electron chi connectivity index (χ2n) is 7.97. The molecule has 2 aromatic rings. The van der Waals surface area contributed by atoms with E-state index in [-0.39, 0.29) is 6.09 Å². The molecule has 2 aromatic heterocycles. The van der Waals surface area contributed by atoms with Crippen molar-refractivity contribution in [1.29, 1.82) is 0 Å². The first kappa shape index (κ1) is 19.2. The molecule has 5 rings (SSSR count). The van der Waals surface area contributed by atoms with Crippen LogP contribution in [0.15, 0.2) is 12.3 Å². The Morgan fingerprint density at radius 1 is 1.23 bits per heavy atom. The smallest absolute Gasteiger partial charge is 0.409 e. The molecule has 9 heteroatoms. The highest BCUT2D eigenvalue weighted by molar-refractivity contribution is 5.72. The molecule has 0 aromatic carbocycles. The van der Waals surface area contributed by atoms with Gasteiger partial charge in [-0.25, -0.2) is 4.79 Å². The van der Waals surface area contributed by atoms with Gasteiger partial charge in [-0.2, -0.15) is 5.10 Å². The summed E-state index contributed by atoms with van der Waals surface area (Å²) in [4.78, 5) is 20.6. The summed E-state index contributed by atoms with van der Waals surface area (Å²) in [6.45, 7) is 5.86. The first-order valence-corrected chi connectivity index (χ1v) is 10.5. The Morgan fingerprint density at radius 3 is 2.87 bits per heavy atom. The minimum absolute atomic E-state index is 0.301. The molecule has 0 aliphatic carbocycles. The van der Waals surface area contributed by atoms with Crippen LogP contribution in [0, 0.1) is 6.92 Å². The van der Waals surface area contributed by atoms with Gasteiger partial charge in [0, 0.05) is 49.2 Å². The Labute approximate surface area is 175 Å². The second kappa shape index (κ2) is 7.79. The number of hydrogen-bond donors (Lipinski definition) is 0. The molecule has 1 amide bonds. The lowest BCUT2D eigenvalue weighted by molar-refractivity contribution is 0.0649. The largest absolute Gasteiger partial charge is 0.489 e. The SMILES string of the molecule is COC(=O)N1CCc2c(c(N3CCOc4cc(C)ncc43)nn2C2CCOCC2)C1. The van der Waals surface area contributed by atoms with Crippen molar-refractivity contribution in [3.8, 4) is 5.75 Å². The average molecular weight is 413 g/mol. The predicted octanol–water partition coefficient (Wildman–Crippen LogP) is 2.59. The van der Waals surface area contributed by atoms with Gasteiger partial charge in [0.05, 0.1) is 32.4 Å². The van der Waals surface area contributed by atoms with Crippen LogP contribution in [0.5, 0.6) is 5.75 Å². The van der Waals surface area contributed by atoms with Crippen LogP contribution >= 0.6 is 0 Å². The molecule has 1 saturated heterocycles. The number of rotatable bonds is 2. The number of aromatic nitrogens is 3. The van der Waals surface area contributed by atoms with E-state index in [0.717, 1.165) is 61.0 Å². The van der Waals surface area contributed by atoms with E-state index in [1.54, 1.807) is 4.90 Å². The summed E-state index contributed by atoms with van der Waals surface area (Å²) in [5, 5.41) is 5.11. The highest BCUT2D eigenvalue weighted by Crippen LogP contribution is 2.40. The monoisotopic (exact) mass is 413 g/mol. The highest BCUT2D eigenvalue weighted by atomic mass is 16.5. The molecule has 3 aliphatic heterocycles. The van der Waals surface area contributed by atoms with Crippen LogP contribution in [0.3, 0.4) is 0 Å². The third kappa shape index (κ3) is 3.27. The quantitative estimate of drug-likeness (QED) is 0.748. The Hall–Kier alpha value is -2.81. The molecule has 30 heavy (non-hydrogen) atoms. The van der Waals surface area contributed by atoms with Crippen molar-refractivity contribution in [3.05, 3.63) is 29.2 Å². The van der Waals surface area contributed by atoms with Gasteiger partial charge in [0.1, 0.15) is 18.0 Å². The minimum atomic E-state index is -0.301. The number of methoxy groups -OCH3 is 1. The molecule has 0 atom stereocenters. The molecule has 5 heterocycles. The van der Waals surface area contributed by atoms with Crippen molar-refractivity contribution in [2.45, 2.75) is 38.8 Å². The molecule has 1 fully saturated rings. The Balaban J connectivity index is 1.58. The number of hydrogen-bond acceptors (Lipinski definition) is 7. The number of fused-ring (bicyclic) bond motifs is 2. The number of ether oxygens (including phenoxy) is 3. The second-order valence-corrected chi connectivity index (χ2v) is 7.97. The Bertz CT molecular complexity index is 953. The van der Waals surface area contributed by atoms with E-state index in [4.69, 9.17) is 19.3 Å². The fraction of sp³-hybridized carbons (Fsp3) is 0.571. The molecular weight excluding hydrogens is 386 g/mol. The molecule has 0 N–H and O–H groups in total. The number of pyridine rings is 1. The van der Waals surface area contributed by atoms with Gasteiger partial charge in [0.2, 0.25) is 0 Å². The molecule has 0 spiro atoms. The molecule has 0 unspecified atom stereocenters. The summed E-state index contributed by atoms with van der Waals surface area (Å²) < 4.78 is 18.6. The summed E-state index contributed by atoms with van der Waals surface area (Å²) >= 11 is 0. The molecule has 0 saturated carbocycles. The molecule has 3 aliphatic rings. The zero-order valence-corrected chi connectivity index (χ0v) is 17.5. The summed E-state index contributed by atoms with van der Waals surface area (Å²) in [7, 11) is 1.43. The van der Waals surface area contributed by atoms with Crippen LogP contribution in [-0.4, -0.2) is 65.8 Å². The number of carbonyl (C=O) groups excluding carboxylic acids is 1. The number of nitrogens with zero attached hydrogens (tertiary/aromatic N) is 5. The Kier molecular flexibility index (Phi) is 4.98. The summed E-state index contributed by atoms with van der Waals surface area (Å²) in [5.74, 6) is 1.71. The summed E-state index contributed by atoms with van der Waals surface area (Å²) in [6.07, 6.45) is 4.22. The van der Waals surface area contributed by atoms with Crippen molar-refractivity contribution in [2.75, 3.05) is 44.9 Å². The van der Waals surface area contributed by atoms with Crippen LogP contribution in [0.4, 0.5) is 16.3 Å². The van der Waals surface area contributed by atoms with Crippen molar-refractivity contribution in [1.82, 2.24) is 19.7 Å². The number of aryl methyl sites for hydroxylation is 1. The van der Waals surface area contributed by atoms with Crippen molar-refractivity contribution < 1.29 is 19.0 Å². The van der Waals surface area contributed by atoms with Crippen LogP contribution in [0.2, 0.25) is 0 Å². The lowest BCUT2D eigenvalue weighted by Crippen LogP contribution is -2.37. The van der Waals surface area contributed by atoms with E-state index in [1.807, 2.05) is 19.2 Å². The maximum Gasteiger partial charge on any atom is 0.409 e. The van der Waals surface area contributed by atoms with E-state index >= 15 is 0 Å². The van der Waals surface area contributed by atoms with Gasteiger partial charge in [0.15, 0.2) is 5.82 Å². The van der Waals surface area contributed by atoms with Crippen LogP contribution in [0.1, 0.15) is 35.8 Å². The van der Waals surface area contributed by atoms with E-state index in [2.05, 4.69) is 14.6 Å². The highest BCUT2D eigenvalue weighted by Gasteiger charge is 2.34. The van der Waals surface area contributed by atoms with Gasteiger partial charge in [0.25, 0.3) is 0 Å². The van der Waals surface area contributed by atoms with Crippen LogP contribution < -0.4 is 9.64 Å². The third-order valence-electron chi connectivity index (χ3n) is 6.14. The van der Waals surface area contributed by atoms with Gasteiger partial charge >= 0.3 is 6.09 Å². The standard InChI is InChI=1S/C21H27N5O4/c1-14-11-19-18(12-22-14)25(7-10-30-19)20-16-13-24(21(27)28-2)6-3-17(16)26(23-20)15-4-8-29-9-5-15/h11-12,15H,3-10,13H2,1-2H3. The topological polar surface area (TPSA) is 82.0 Å². The van der Waals surface area contributed by atoms with E-state index in [9.17, 15) is 4.79 Å². The molecular formula is C21H27N5O4. The predicted molar refractivity (Wildman–Crippen MR) is 109 cm³/mol. The van der Waals surface area contributed by atoms with Crippen molar-refractivity contribution in [2.24, 2.45) is 0 Å². The maximum absolute atomic E-state index is 12.2. The van der Waals surface area contributed by atoms with E-state index in [1.165, 1.54) is 12.8 Å². The van der Waals surface area contributed by atoms with Crippen molar-refractivity contribution >= 4 is 17.6 Å². The fourth-order valence-electron chi connectivity index (χ4n) is 4.60. The maximum atomic E-state index is 12.2. The third-order valence-corrected chi connectivity index (χ3v) is 6.14. The number of carbonyl (C=O) groups is 1. The molecule has 9 nitrogen and oxygen atoms in total. The zero-order valence-electron chi connectivity index (χ0n) is 17.5. The van der Waals surface area contributed by atoms with E-state index < -0.39 is 0 Å². The summed E-state index contributed by atoms with van der Waals surface area (Å²) in [5.41, 5.74) is 4.14. The van der Waals surface area contributed by atoms with Gasteiger partial charge in [-0.15, -0.1) is 0 Å². The molecule has 0 bridgehead atoms. The molecule has 0 radical (unpaired) electrons. The number of anilines is 2. The van der Waals surface area contributed by atoms with E-state index in [0.29, 0.717) is 32.3 Å². The fourth-order valence-corrected chi connectivity index (χ4v) is 4.60. The van der Waals surface area contributed by atoms with Gasteiger partial charge in [-0.1, -0.05) is 0 Å². The van der Waals surface area contributed by atoms with Gasteiger partial charge in [-0.05, 0) is 19.8 Å². The van der Waals surface area contributed by atoms with Gasteiger partial charge in [-0.3, -0.25) is 9.67 Å². The zero-order chi connectivity index (χ0) is 20.7. The van der Waals surface area contributed by atoms with Crippen LogP contribution in [0.25, 0.3) is 0 Å². The number of amides is 1. The minimum Gasteiger partial charge on any atom is -0.489 e. The Morgan fingerprint density at radius 2 is 2.07 bits per heavy atom. The first-order chi connectivity index (χ1) is 14.7. The van der Waals surface area contributed by atoms with Crippen LogP contribution in [-0.2, 0) is 22.4 Å². The summed E-state index contributed by atoms with van der Waals surface area (Å²) in [6, 6.07) is 2.28. The van der Waals surface area contributed by atoms with Gasteiger partial charge < -0.3 is 24.0 Å². The molecule has 160 valence electrons.